The molecule has 0 radical (unpaired) electrons. The summed E-state index contributed by atoms with van der Waals surface area (Å²) in [7, 11) is 0. The molecule has 0 aromatic heterocycles. The number of Topliss-reactive ketones (excluding diaryl/α,β-unsaturated/α-hetero) is 1. The summed E-state index contributed by atoms with van der Waals surface area (Å²) in [6.07, 6.45) is 0. The lowest BCUT2D eigenvalue weighted by atomic mass is 9.95. The molecule has 3 aromatic carbocycles. The SMILES string of the molecule is CCOC(=O)c1ccc(N2C(=O)C(=O)C(=C(O)c3ccccc3)[C@@H]2c2ccc(Cl)cc2)cc1. The first-order valence-electron chi connectivity index (χ1n) is 10.3. The molecule has 4 rings (SSSR count). The Balaban J connectivity index is 1.85. The number of hydrogen-bond acceptors (Lipinski definition) is 5. The van der Waals surface area contributed by atoms with Crippen LogP contribution in [0, 0.1) is 0 Å². The molecule has 1 N–H and O–H groups in total. The van der Waals surface area contributed by atoms with Crippen molar-refractivity contribution >= 4 is 40.7 Å². The molecule has 1 heterocycles. The average Bonchev–Trinajstić information content (AvgIpc) is 3.10. The summed E-state index contributed by atoms with van der Waals surface area (Å²) in [5.41, 5.74) is 1.72. The van der Waals surface area contributed by atoms with Gasteiger partial charge in [-0.1, -0.05) is 54.1 Å². The number of aliphatic hydroxyl groups is 1. The maximum Gasteiger partial charge on any atom is 0.338 e. The zero-order valence-corrected chi connectivity index (χ0v) is 18.5. The van der Waals surface area contributed by atoms with Crippen LogP contribution in [0.15, 0.2) is 84.4 Å². The van der Waals surface area contributed by atoms with E-state index < -0.39 is 23.7 Å². The van der Waals surface area contributed by atoms with Crippen LogP contribution in [0.25, 0.3) is 5.76 Å². The Morgan fingerprint density at radius 3 is 2.18 bits per heavy atom. The summed E-state index contributed by atoms with van der Waals surface area (Å²) in [5, 5.41) is 11.5. The van der Waals surface area contributed by atoms with Crippen LogP contribution in [0.5, 0.6) is 0 Å². The molecule has 0 bridgehead atoms. The second-order valence-electron chi connectivity index (χ2n) is 7.35. The highest BCUT2D eigenvalue weighted by Gasteiger charge is 2.46. The molecule has 0 saturated carbocycles. The molecule has 1 atom stereocenters. The van der Waals surface area contributed by atoms with Crippen molar-refractivity contribution in [3.05, 3.63) is 106 Å². The quantitative estimate of drug-likeness (QED) is 0.246. The molecule has 1 aliphatic rings. The lowest BCUT2D eigenvalue weighted by Crippen LogP contribution is -2.29. The van der Waals surface area contributed by atoms with Crippen LogP contribution in [0.4, 0.5) is 5.69 Å². The molecule has 0 aliphatic carbocycles. The zero-order valence-electron chi connectivity index (χ0n) is 17.7. The minimum Gasteiger partial charge on any atom is -0.507 e. The molecule has 1 fully saturated rings. The average molecular weight is 462 g/mol. The van der Waals surface area contributed by atoms with Gasteiger partial charge in [0, 0.05) is 16.3 Å². The Morgan fingerprint density at radius 2 is 1.58 bits per heavy atom. The summed E-state index contributed by atoms with van der Waals surface area (Å²) in [6.45, 7) is 1.95. The van der Waals surface area contributed by atoms with Crippen molar-refractivity contribution in [2.45, 2.75) is 13.0 Å². The lowest BCUT2D eigenvalue weighted by molar-refractivity contribution is -0.132. The summed E-state index contributed by atoms with van der Waals surface area (Å²) in [6, 6.07) is 20.6. The number of anilines is 1. The van der Waals surface area contributed by atoms with Crippen LogP contribution < -0.4 is 4.90 Å². The van der Waals surface area contributed by atoms with Crippen LogP contribution in [0.2, 0.25) is 5.02 Å². The summed E-state index contributed by atoms with van der Waals surface area (Å²) < 4.78 is 5.00. The lowest BCUT2D eigenvalue weighted by Gasteiger charge is -2.25. The van der Waals surface area contributed by atoms with Gasteiger partial charge in [0.05, 0.1) is 23.8 Å². The van der Waals surface area contributed by atoms with E-state index in [1.165, 1.54) is 17.0 Å². The summed E-state index contributed by atoms with van der Waals surface area (Å²) in [5.74, 6) is -2.33. The number of rotatable bonds is 5. The van der Waals surface area contributed by atoms with Gasteiger partial charge in [-0.2, -0.15) is 0 Å². The first-order valence-corrected chi connectivity index (χ1v) is 10.7. The number of amides is 1. The number of carbonyl (C=O) groups excluding carboxylic acids is 3. The maximum absolute atomic E-state index is 13.1. The predicted octanol–water partition coefficient (Wildman–Crippen LogP) is 5.14. The zero-order chi connectivity index (χ0) is 23.5. The van der Waals surface area contributed by atoms with Gasteiger partial charge in [-0.25, -0.2) is 4.79 Å². The number of esters is 1. The molecular weight excluding hydrogens is 442 g/mol. The van der Waals surface area contributed by atoms with E-state index in [0.717, 1.165) is 0 Å². The van der Waals surface area contributed by atoms with Crippen molar-refractivity contribution in [2.24, 2.45) is 0 Å². The van der Waals surface area contributed by atoms with E-state index in [2.05, 4.69) is 0 Å². The van der Waals surface area contributed by atoms with Crippen molar-refractivity contribution in [1.82, 2.24) is 0 Å². The van der Waals surface area contributed by atoms with Gasteiger partial charge < -0.3 is 9.84 Å². The van der Waals surface area contributed by atoms with Gasteiger partial charge in [0.25, 0.3) is 11.7 Å². The molecule has 33 heavy (non-hydrogen) atoms. The molecular formula is C26H20ClNO5. The molecule has 166 valence electrons. The molecule has 1 aliphatic heterocycles. The van der Waals surface area contributed by atoms with E-state index in [1.54, 1.807) is 73.7 Å². The van der Waals surface area contributed by atoms with Gasteiger partial charge in [-0.3, -0.25) is 14.5 Å². The Kier molecular flexibility index (Phi) is 6.29. The summed E-state index contributed by atoms with van der Waals surface area (Å²) >= 11 is 6.04. The third kappa shape index (κ3) is 4.25. The minimum absolute atomic E-state index is 0.0250. The number of ketones is 1. The van der Waals surface area contributed by atoms with Crippen LogP contribution in [0.3, 0.4) is 0 Å². The number of carbonyl (C=O) groups is 3. The first kappa shape index (κ1) is 22.3. The van der Waals surface area contributed by atoms with E-state index in [4.69, 9.17) is 16.3 Å². The van der Waals surface area contributed by atoms with Gasteiger partial charge in [0.1, 0.15) is 5.76 Å². The molecule has 0 unspecified atom stereocenters. The third-order valence-corrected chi connectivity index (χ3v) is 5.59. The predicted molar refractivity (Wildman–Crippen MR) is 125 cm³/mol. The number of halogens is 1. The van der Waals surface area contributed by atoms with E-state index in [-0.39, 0.29) is 17.9 Å². The van der Waals surface area contributed by atoms with Gasteiger partial charge in [-0.15, -0.1) is 0 Å². The van der Waals surface area contributed by atoms with Crippen LogP contribution in [-0.2, 0) is 14.3 Å². The fourth-order valence-electron chi connectivity index (χ4n) is 3.78. The topological polar surface area (TPSA) is 83.9 Å². The fourth-order valence-corrected chi connectivity index (χ4v) is 3.91. The molecule has 0 spiro atoms. The summed E-state index contributed by atoms with van der Waals surface area (Å²) in [4.78, 5) is 39.6. The largest absolute Gasteiger partial charge is 0.507 e. The van der Waals surface area contributed by atoms with E-state index in [0.29, 0.717) is 27.4 Å². The minimum atomic E-state index is -0.879. The Morgan fingerprint density at radius 1 is 0.939 bits per heavy atom. The highest BCUT2D eigenvalue weighted by molar-refractivity contribution is 6.51. The Bertz CT molecular complexity index is 1230. The van der Waals surface area contributed by atoms with Crippen molar-refractivity contribution in [3.8, 4) is 0 Å². The molecule has 1 amide bonds. The monoisotopic (exact) mass is 461 g/mol. The van der Waals surface area contributed by atoms with Crippen molar-refractivity contribution in [1.29, 1.82) is 0 Å². The second-order valence-corrected chi connectivity index (χ2v) is 7.79. The highest BCUT2D eigenvalue weighted by atomic mass is 35.5. The number of hydrogen-bond donors (Lipinski definition) is 1. The fraction of sp³-hybridized carbons (Fsp3) is 0.115. The van der Waals surface area contributed by atoms with Gasteiger partial charge in [0.15, 0.2) is 0 Å². The Labute approximate surface area is 195 Å². The van der Waals surface area contributed by atoms with Gasteiger partial charge in [-0.05, 0) is 48.9 Å². The van der Waals surface area contributed by atoms with Gasteiger partial charge >= 0.3 is 5.97 Å². The number of ether oxygens (including phenoxy) is 1. The van der Waals surface area contributed by atoms with Gasteiger partial charge in [0.2, 0.25) is 0 Å². The van der Waals surface area contributed by atoms with E-state index in [9.17, 15) is 19.5 Å². The molecule has 1 saturated heterocycles. The number of nitrogens with zero attached hydrogens (tertiary/aromatic N) is 1. The van der Waals surface area contributed by atoms with Crippen molar-refractivity contribution in [2.75, 3.05) is 11.5 Å². The third-order valence-electron chi connectivity index (χ3n) is 5.33. The van der Waals surface area contributed by atoms with Crippen molar-refractivity contribution < 1.29 is 24.2 Å². The highest BCUT2D eigenvalue weighted by Crippen LogP contribution is 2.42. The standard InChI is InChI=1S/C26H20ClNO5/c1-2-33-26(32)18-10-14-20(15-11-18)28-22(16-8-12-19(27)13-9-16)21(24(30)25(28)31)23(29)17-6-4-3-5-7-17/h3-15,22,29H,2H2,1H3/t22-/m0/s1. The van der Waals surface area contributed by atoms with Crippen LogP contribution in [0.1, 0.15) is 34.5 Å². The van der Waals surface area contributed by atoms with Crippen LogP contribution >= 0.6 is 11.6 Å². The van der Waals surface area contributed by atoms with E-state index >= 15 is 0 Å². The maximum atomic E-state index is 13.1. The van der Waals surface area contributed by atoms with Crippen LogP contribution in [-0.4, -0.2) is 29.4 Å². The van der Waals surface area contributed by atoms with Crippen molar-refractivity contribution in [3.63, 3.8) is 0 Å². The van der Waals surface area contributed by atoms with E-state index in [1.807, 2.05) is 0 Å². The molecule has 7 heteroatoms. The normalized spacial score (nSPS) is 17.3. The number of aliphatic hydroxyl groups excluding tert-OH is 1. The second kappa shape index (κ2) is 9.30. The number of benzene rings is 3. The smallest absolute Gasteiger partial charge is 0.338 e. The first-order chi connectivity index (χ1) is 15.9. The molecule has 3 aromatic rings. The Hall–Kier alpha value is -3.90. The molecule has 6 nitrogen and oxygen atoms in total.